The zero-order valence-electron chi connectivity index (χ0n) is 23.3. The maximum absolute atomic E-state index is 5.03. The van der Waals surface area contributed by atoms with Crippen molar-refractivity contribution in [2.24, 2.45) is 0 Å². The van der Waals surface area contributed by atoms with Crippen LogP contribution in [0.3, 0.4) is 0 Å². The predicted molar refractivity (Wildman–Crippen MR) is 161 cm³/mol. The molecule has 194 valence electrons. The summed E-state index contributed by atoms with van der Waals surface area (Å²) in [6.45, 7) is 15.0. The van der Waals surface area contributed by atoms with Crippen LogP contribution in [-0.4, -0.2) is 20.2 Å². The van der Waals surface area contributed by atoms with Crippen molar-refractivity contribution in [1.29, 1.82) is 0 Å². The van der Waals surface area contributed by atoms with E-state index in [0.717, 1.165) is 76.3 Å². The number of aryl methyl sites for hydroxylation is 4. The number of rotatable bonds is 8. The zero-order valence-corrected chi connectivity index (χ0v) is 23.3. The van der Waals surface area contributed by atoms with Crippen LogP contribution in [0, 0.1) is 6.92 Å². The van der Waals surface area contributed by atoms with E-state index in [1.807, 2.05) is 6.20 Å². The third kappa shape index (κ3) is 5.91. The van der Waals surface area contributed by atoms with Gasteiger partial charge in [0.25, 0.3) is 0 Å². The topological polar surface area (TPSA) is 54.5 Å². The molecule has 0 saturated carbocycles. The predicted octanol–water partition coefficient (Wildman–Crippen LogP) is 8.35. The Morgan fingerprint density at radius 2 is 1.76 bits per heavy atom. The first-order valence-corrected chi connectivity index (χ1v) is 13.6. The van der Waals surface area contributed by atoms with Gasteiger partial charge in [0.05, 0.1) is 11.4 Å². The van der Waals surface area contributed by atoms with Crippen molar-refractivity contribution in [3.8, 4) is 11.4 Å². The molecule has 0 fully saturated rings. The summed E-state index contributed by atoms with van der Waals surface area (Å²) in [5.74, 6) is 0. The molecule has 4 nitrogen and oxygen atoms in total. The molecule has 0 bridgehead atoms. The summed E-state index contributed by atoms with van der Waals surface area (Å²) in [5.41, 5.74) is 12.7. The fourth-order valence-corrected chi connectivity index (χ4v) is 4.76. The number of hydrogen-bond donors (Lipinski definition) is 1. The summed E-state index contributed by atoms with van der Waals surface area (Å²) in [6, 6.07) is 8.56. The lowest BCUT2D eigenvalue weighted by molar-refractivity contribution is 0.854. The molecule has 1 aliphatic carbocycles. The van der Waals surface area contributed by atoms with Gasteiger partial charge in [-0.2, -0.15) is 5.10 Å². The standard InChI is InChI=1S/C34H38N4/c1-7-12-31-26(9-3)18-19-32(37-31)27(10-4)21-29-14-11-13-28(16-15-23(29)5)30-22-35-38-34(30)33-20-17-25(8-2)24(6)36-33/h10-11,13-22H,5,7-9,12H2,1-4,6H3,(H,35,38)/b14-11+,16-15-,27-10+,28-13-,29-21-. The summed E-state index contributed by atoms with van der Waals surface area (Å²) in [7, 11) is 0. The highest BCUT2D eigenvalue weighted by Crippen LogP contribution is 2.30. The lowest BCUT2D eigenvalue weighted by atomic mass is 9.96. The first-order chi connectivity index (χ1) is 18.5. The van der Waals surface area contributed by atoms with Gasteiger partial charge in [0.1, 0.15) is 5.69 Å². The highest BCUT2D eigenvalue weighted by atomic mass is 15.1. The Labute approximate surface area is 227 Å². The average Bonchev–Trinajstić information content (AvgIpc) is 3.41. The van der Waals surface area contributed by atoms with Crippen LogP contribution in [0.2, 0.25) is 0 Å². The molecule has 1 aliphatic rings. The first-order valence-electron chi connectivity index (χ1n) is 13.6. The second kappa shape index (κ2) is 12.5. The molecule has 0 spiro atoms. The number of aromatic nitrogens is 4. The highest BCUT2D eigenvalue weighted by molar-refractivity contribution is 5.84. The molecular formula is C34H38N4. The molecule has 38 heavy (non-hydrogen) atoms. The van der Waals surface area contributed by atoms with E-state index in [2.05, 4.69) is 118 Å². The lowest BCUT2D eigenvalue weighted by Crippen LogP contribution is -2.00. The third-order valence-corrected chi connectivity index (χ3v) is 7.01. The van der Waals surface area contributed by atoms with E-state index < -0.39 is 0 Å². The van der Waals surface area contributed by atoms with Gasteiger partial charge in [-0.1, -0.05) is 82.4 Å². The number of H-pyrrole nitrogens is 1. The van der Waals surface area contributed by atoms with E-state index in [0.29, 0.717) is 0 Å². The minimum Gasteiger partial charge on any atom is -0.284 e. The number of allylic oxidation sites excluding steroid dienone is 11. The molecule has 3 heterocycles. The van der Waals surface area contributed by atoms with Crippen molar-refractivity contribution < 1.29 is 0 Å². The summed E-state index contributed by atoms with van der Waals surface area (Å²) in [6.07, 6.45) is 20.8. The molecular weight excluding hydrogens is 464 g/mol. The van der Waals surface area contributed by atoms with Gasteiger partial charge in [0.15, 0.2) is 0 Å². The Hall–Kier alpha value is -4.05. The van der Waals surface area contributed by atoms with Gasteiger partial charge in [-0.05, 0) is 84.7 Å². The molecule has 0 amide bonds. The summed E-state index contributed by atoms with van der Waals surface area (Å²) in [4.78, 5) is 9.84. The van der Waals surface area contributed by atoms with Gasteiger partial charge in [0.2, 0.25) is 0 Å². The van der Waals surface area contributed by atoms with Crippen LogP contribution >= 0.6 is 0 Å². The molecule has 0 aromatic carbocycles. The van der Waals surface area contributed by atoms with Crippen molar-refractivity contribution in [2.75, 3.05) is 0 Å². The van der Waals surface area contributed by atoms with Crippen LogP contribution in [0.5, 0.6) is 0 Å². The minimum atomic E-state index is 0.850. The summed E-state index contributed by atoms with van der Waals surface area (Å²) in [5, 5.41) is 7.56. The molecule has 4 rings (SSSR count). The van der Waals surface area contributed by atoms with E-state index >= 15 is 0 Å². The molecule has 3 aromatic rings. The first kappa shape index (κ1) is 27.0. The second-order valence-electron chi connectivity index (χ2n) is 9.53. The number of aromatic amines is 1. The van der Waals surface area contributed by atoms with Crippen LogP contribution < -0.4 is 0 Å². The van der Waals surface area contributed by atoms with E-state index in [1.165, 1.54) is 16.8 Å². The van der Waals surface area contributed by atoms with Crippen molar-refractivity contribution in [3.63, 3.8) is 0 Å². The molecule has 1 N–H and O–H groups in total. The van der Waals surface area contributed by atoms with E-state index in [-0.39, 0.29) is 0 Å². The van der Waals surface area contributed by atoms with Gasteiger partial charge >= 0.3 is 0 Å². The number of pyridine rings is 2. The minimum absolute atomic E-state index is 0.850. The average molecular weight is 503 g/mol. The van der Waals surface area contributed by atoms with Gasteiger partial charge in [0, 0.05) is 23.1 Å². The van der Waals surface area contributed by atoms with Gasteiger partial charge < -0.3 is 0 Å². The Morgan fingerprint density at radius 1 is 0.974 bits per heavy atom. The molecule has 4 heteroatoms. The Morgan fingerprint density at radius 3 is 2.47 bits per heavy atom. The number of nitrogens with zero attached hydrogens (tertiary/aromatic N) is 3. The number of hydrogen-bond acceptors (Lipinski definition) is 3. The third-order valence-electron chi connectivity index (χ3n) is 7.01. The smallest absolute Gasteiger partial charge is 0.118 e. The zero-order chi connectivity index (χ0) is 27.1. The second-order valence-corrected chi connectivity index (χ2v) is 9.53. The quantitative estimate of drug-likeness (QED) is 0.337. The Kier molecular flexibility index (Phi) is 8.85. The molecule has 3 aromatic heterocycles. The fourth-order valence-electron chi connectivity index (χ4n) is 4.76. The maximum Gasteiger partial charge on any atom is 0.118 e. The largest absolute Gasteiger partial charge is 0.284 e. The highest BCUT2D eigenvalue weighted by Gasteiger charge is 2.14. The van der Waals surface area contributed by atoms with Gasteiger partial charge in [-0.15, -0.1) is 0 Å². The van der Waals surface area contributed by atoms with Gasteiger partial charge in [-0.3, -0.25) is 15.1 Å². The van der Waals surface area contributed by atoms with Crippen molar-refractivity contribution in [1.82, 2.24) is 20.2 Å². The van der Waals surface area contributed by atoms with Crippen molar-refractivity contribution in [2.45, 2.75) is 60.3 Å². The maximum atomic E-state index is 5.03. The Balaban J connectivity index is 1.64. The summed E-state index contributed by atoms with van der Waals surface area (Å²) >= 11 is 0. The van der Waals surface area contributed by atoms with Crippen LogP contribution in [0.25, 0.3) is 22.5 Å². The molecule has 0 radical (unpaired) electrons. The van der Waals surface area contributed by atoms with Crippen molar-refractivity contribution >= 4 is 11.1 Å². The molecule has 0 saturated heterocycles. The fraction of sp³-hybridized carbons (Fsp3) is 0.265. The molecule has 0 atom stereocenters. The van der Waals surface area contributed by atoms with Crippen LogP contribution in [0.15, 0.2) is 90.7 Å². The Bertz CT molecular complexity index is 1470. The van der Waals surface area contributed by atoms with E-state index in [4.69, 9.17) is 9.97 Å². The van der Waals surface area contributed by atoms with Crippen molar-refractivity contribution in [3.05, 3.63) is 124 Å². The van der Waals surface area contributed by atoms with E-state index in [9.17, 15) is 0 Å². The van der Waals surface area contributed by atoms with Crippen LogP contribution in [0.4, 0.5) is 0 Å². The number of nitrogens with one attached hydrogen (secondary N) is 1. The van der Waals surface area contributed by atoms with Crippen LogP contribution in [0.1, 0.15) is 67.9 Å². The summed E-state index contributed by atoms with van der Waals surface area (Å²) < 4.78 is 0. The van der Waals surface area contributed by atoms with Crippen LogP contribution in [-0.2, 0) is 19.3 Å². The SMILES string of the molecule is C=C1\C=C/C(c2c[nH]nc2-c2ccc(CC)c(C)n2)=C/C=C/C1=C/C(=C\C)c1ccc(CC)c(CCC)n1. The lowest BCUT2D eigenvalue weighted by Gasteiger charge is -2.12. The monoisotopic (exact) mass is 502 g/mol. The normalized spacial score (nSPS) is 18.1. The molecule has 0 aliphatic heterocycles. The molecule has 0 unspecified atom stereocenters. The van der Waals surface area contributed by atoms with Gasteiger partial charge in [-0.25, -0.2) is 0 Å². The van der Waals surface area contributed by atoms with E-state index in [1.54, 1.807) is 0 Å².